The second-order valence-electron chi connectivity index (χ2n) is 7.52. The van der Waals surface area contributed by atoms with Gasteiger partial charge < -0.3 is 15.6 Å². The van der Waals surface area contributed by atoms with Crippen LogP contribution in [0.4, 0.5) is 0 Å². The van der Waals surface area contributed by atoms with Crippen LogP contribution in [0.1, 0.15) is 53.6 Å². The molecular formula is C22H25N7O2S. The van der Waals surface area contributed by atoms with Crippen LogP contribution in [0.25, 0.3) is 22.2 Å². The van der Waals surface area contributed by atoms with Gasteiger partial charge in [0, 0.05) is 24.4 Å². The minimum Gasteiger partial charge on any atom is -0.359 e. The first kappa shape index (κ1) is 21.7. The van der Waals surface area contributed by atoms with Crippen molar-refractivity contribution >= 4 is 34.1 Å². The minimum absolute atomic E-state index is 0.0466. The number of unbranched alkanes of at least 4 members (excludes halogenated alkanes) is 2. The molecule has 0 aliphatic rings. The fourth-order valence-corrected chi connectivity index (χ4v) is 4.06. The molecule has 166 valence electrons. The van der Waals surface area contributed by atoms with Gasteiger partial charge in [-0.1, -0.05) is 18.9 Å². The van der Waals surface area contributed by atoms with Crippen LogP contribution in [0.3, 0.4) is 0 Å². The van der Waals surface area contributed by atoms with Gasteiger partial charge >= 0.3 is 0 Å². The van der Waals surface area contributed by atoms with E-state index in [9.17, 15) is 9.59 Å². The SMILES string of the molecule is CNC(=O)CCCCCC(NC(=O)c1cncs1)c1ncc(-c2ccc3[nH]ncc3c2)[nH]1. The Balaban J connectivity index is 1.47. The molecule has 0 spiro atoms. The fourth-order valence-electron chi connectivity index (χ4n) is 3.54. The third-order valence-corrected chi connectivity index (χ3v) is 6.09. The van der Waals surface area contributed by atoms with Gasteiger partial charge in [0.2, 0.25) is 5.91 Å². The van der Waals surface area contributed by atoms with Crippen molar-refractivity contribution in [2.75, 3.05) is 7.05 Å². The summed E-state index contributed by atoms with van der Waals surface area (Å²) in [5.41, 5.74) is 4.48. The molecule has 1 unspecified atom stereocenters. The Labute approximate surface area is 189 Å². The Morgan fingerprint density at radius 3 is 2.88 bits per heavy atom. The molecular weight excluding hydrogens is 426 g/mol. The van der Waals surface area contributed by atoms with Crippen molar-refractivity contribution in [1.82, 2.24) is 35.8 Å². The van der Waals surface area contributed by atoms with Gasteiger partial charge in [0.15, 0.2) is 0 Å². The lowest BCUT2D eigenvalue weighted by atomic mass is 10.1. The molecule has 10 heteroatoms. The molecule has 0 aliphatic heterocycles. The van der Waals surface area contributed by atoms with Crippen molar-refractivity contribution in [3.8, 4) is 11.3 Å². The van der Waals surface area contributed by atoms with Crippen molar-refractivity contribution in [3.05, 3.63) is 53.0 Å². The summed E-state index contributed by atoms with van der Waals surface area (Å²) < 4.78 is 0. The molecule has 2 amide bonds. The summed E-state index contributed by atoms with van der Waals surface area (Å²) in [6.07, 6.45) is 8.92. The standard InChI is InChI=1S/C22H25N7O2S/c1-23-20(30)6-4-2-3-5-17(28-22(31)19-12-24-13-32-19)21-25-11-18(27-21)14-7-8-16-15(9-14)10-26-29-16/h7-13,17H,2-6H2,1H3,(H,23,30)(H,25,27)(H,26,29)(H,28,31). The largest absolute Gasteiger partial charge is 0.359 e. The molecule has 0 radical (unpaired) electrons. The number of benzene rings is 1. The van der Waals surface area contributed by atoms with E-state index in [0.29, 0.717) is 23.5 Å². The molecule has 4 N–H and O–H groups in total. The maximum atomic E-state index is 12.7. The number of rotatable bonds is 10. The summed E-state index contributed by atoms with van der Waals surface area (Å²) in [7, 11) is 1.64. The van der Waals surface area contributed by atoms with Gasteiger partial charge in [-0.25, -0.2) is 4.98 Å². The number of carbonyl (C=O) groups excluding carboxylic acids is 2. The topological polar surface area (TPSA) is 128 Å². The van der Waals surface area contributed by atoms with Crippen molar-refractivity contribution in [1.29, 1.82) is 0 Å². The van der Waals surface area contributed by atoms with E-state index in [0.717, 1.165) is 41.4 Å². The first-order valence-electron chi connectivity index (χ1n) is 10.5. The molecule has 0 saturated carbocycles. The normalized spacial score (nSPS) is 12.0. The molecule has 4 rings (SSSR count). The number of carbonyl (C=O) groups is 2. The van der Waals surface area contributed by atoms with Crippen LogP contribution in [0.5, 0.6) is 0 Å². The Morgan fingerprint density at radius 1 is 1.16 bits per heavy atom. The number of aromatic amines is 2. The third kappa shape index (κ3) is 5.20. The Bertz CT molecular complexity index is 1180. The van der Waals surface area contributed by atoms with Gasteiger partial charge in [-0.3, -0.25) is 19.7 Å². The van der Waals surface area contributed by atoms with Crippen molar-refractivity contribution in [3.63, 3.8) is 0 Å². The summed E-state index contributed by atoms with van der Waals surface area (Å²) in [6.45, 7) is 0. The zero-order valence-electron chi connectivity index (χ0n) is 17.7. The van der Waals surface area contributed by atoms with E-state index in [1.165, 1.54) is 11.3 Å². The number of thiazole rings is 1. The lowest BCUT2D eigenvalue weighted by Gasteiger charge is -2.16. The van der Waals surface area contributed by atoms with Crippen molar-refractivity contribution < 1.29 is 9.59 Å². The highest BCUT2D eigenvalue weighted by molar-refractivity contribution is 7.11. The molecule has 9 nitrogen and oxygen atoms in total. The maximum Gasteiger partial charge on any atom is 0.263 e. The van der Waals surface area contributed by atoms with Gasteiger partial charge in [0.05, 0.1) is 41.4 Å². The predicted molar refractivity (Wildman–Crippen MR) is 123 cm³/mol. The molecule has 4 aromatic rings. The summed E-state index contributed by atoms with van der Waals surface area (Å²) in [6, 6.07) is 5.76. The van der Waals surface area contributed by atoms with Gasteiger partial charge in [-0.15, -0.1) is 11.3 Å². The quantitative estimate of drug-likeness (QED) is 0.274. The first-order valence-corrected chi connectivity index (χ1v) is 11.4. The highest BCUT2D eigenvalue weighted by Crippen LogP contribution is 2.25. The number of imidazole rings is 1. The smallest absolute Gasteiger partial charge is 0.263 e. The number of amides is 2. The van der Waals surface area contributed by atoms with E-state index in [2.05, 4.69) is 35.8 Å². The fraction of sp³-hybridized carbons (Fsp3) is 0.318. The summed E-state index contributed by atoms with van der Waals surface area (Å²) in [5, 5.41) is 13.7. The average molecular weight is 452 g/mol. The first-order chi connectivity index (χ1) is 15.6. The summed E-state index contributed by atoms with van der Waals surface area (Å²) >= 11 is 1.30. The monoisotopic (exact) mass is 451 g/mol. The molecule has 0 fully saturated rings. The minimum atomic E-state index is -0.268. The number of nitrogens with one attached hydrogen (secondary N) is 4. The third-order valence-electron chi connectivity index (χ3n) is 5.31. The maximum absolute atomic E-state index is 12.7. The zero-order valence-corrected chi connectivity index (χ0v) is 18.5. The van der Waals surface area contributed by atoms with Crippen LogP contribution in [-0.4, -0.2) is 44.0 Å². The van der Waals surface area contributed by atoms with Crippen molar-refractivity contribution in [2.24, 2.45) is 0 Å². The van der Waals surface area contributed by atoms with E-state index in [4.69, 9.17) is 0 Å². The molecule has 0 aliphatic carbocycles. The van der Waals surface area contributed by atoms with Crippen LogP contribution >= 0.6 is 11.3 Å². The molecule has 3 aromatic heterocycles. The predicted octanol–water partition coefficient (Wildman–Crippen LogP) is 3.58. The number of H-pyrrole nitrogens is 2. The summed E-state index contributed by atoms with van der Waals surface area (Å²) in [5.74, 6) is 0.586. The van der Waals surface area contributed by atoms with Crippen molar-refractivity contribution in [2.45, 2.75) is 38.1 Å². The number of hydrogen-bond donors (Lipinski definition) is 4. The molecule has 0 saturated heterocycles. The van der Waals surface area contributed by atoms with E-state index in [-0.39, 0.29) is 17.9 Å². The zero-order chi connectivity index (χ0) is 22.3. The average Bonchev–Trinajstić information content (AvgIpc) is 3.58. The van der Waals surface area contributed by atoms with Gasteiger partial charge in [-0.05, 0) is 25.0 Å². The van der Waals surface area contributed by atoms with E-state index >= 15 is 0 Å². The number of nitrogens with zero attached hydrogens (tertiary/aromatic N) is 3. The van der Waals surface area contributed by atoms with Gasteiger partial charge in [-0.2, -0.15) is 5.10 Å². The summed E-state index contributed by atoms with van der Waals surface area (Å²) in [4.78, 5) is 36.6. The van der Waals surface area contributed by atoms with E-state index in [1.807, 2.05) is 18.2 Å². The van der Waals surface area contributed by atoms with Crippen LogP contribution in [0.15, 0.2) is 42.3 Å². The molecule has 1 aromatic carbocycles. The molecule has 32 heavy (non-hydrogen) atoms. The van der Waals surface area contributed by atoms with E-state index in [1.54, 1.807) is 31.1 Å². The number of aromatic nitrogens is 5. The van der Waals surface area contributed by atoms with Crippen LogP contribution in [0, 0.1) is 0 Å². The second-order valence-corrected chi connectivity index (χ2v) is 8.40. The Hall–Kier alpha value is -3.53. The van der Waals surface area contributed by atoms with E-state index < -0.39 is 0 Å². The van der Waals surface area contributed by atoms with Crippen LogP contribution in [-0.2, 0) is 4.79 Å². The number of fused-ring (bicyclic) bond motifs is 1. The van der Waals surface area contributed by atoms with Gasteiger partial charge in [0.1, 0.15) is 10.7 Å². The Kier molecular flexibility index (Phi) is 6.90. The highest BCUT2D eigenvalue weighted by Gasteiger charge is 2.20. The Morgan fingerprint density at radius 2 is 2.06 bits per heavy atom. The van der Waals surface area contributed by atoms with Crippen LogP contribution in [0.2, 0.25) is 0 Å². The molecule has 3 heterocycles. The van der Waals surface area contributed by atoms with Gasteiger partial charge in [0.25, 0.3) is 5.91 Å². The lowest BCUT2D eigenvalue weighted by Crippen LogP contribution is -2.28. The molecule has 0 bridgehead atoms. The van der Waals surface area contributed by atoms with Crippen LogP contribution < -0.4 is 10.6 Å². The lowest BCUT2D eigenvalue weighted by molar-refractivity contribution is -0.120. The molecule has 1 atom stereocenters. The highest BCUT2D eigenvalue weighted by atomic mass is 32.1. The second kappa shape index (κ2) is 10.2. The number of hydrogen-bond acceptors (Lipinski definition) is 6.